The summed E-state index contributed by atoms with van der Waals surface area (Å²) in [6.45, 7) is 3.97. The van der Waals surface area contributed by atoms with E-state index in [0.29, 0.717) is 0 Å². The Kier molecular flexibility index (Phi) is 11.2. The number of esters is 4. The lowest BCUT2D eigenvalue weighted by Gasteiger charge is -2.38. The van der Waals surface area contributed by atoms with Gasteiger partial charge in [0.25, 0.3) is 0 Å². The van der Waals surface area contributed by atoms with E-state index in [1.165, 1.54) is 13.8 Å². The van der Waals surface area contributed by atoms with Crippen LogP contribution >= 0.6 is 0 Å². The molecule has 0 saturated carbocycles. The summed E-state index contributed by atoms with van der Waals surface area (Å²) in [7, 11) is 0. The normalized spacial score (nSPS) is 13.3. The van der Waals surface area contributed by atoms with Crippen LogP contribution in [0.3, 0.4) is 0 Å². The molecule has 3 atom stereocenters. The topological polar surface area (TPSA) is 114 Å². The summed E-state index contributed by atoms with van der Waals surface area (Å²) in [6.07, 6.45) is -3.90. The molecule has 9 heteroatoms. The summed E-state index contributed by atoms with van der Waals surface area (Å²) in [5, 5.41) is 0. The van der Waals surface area contributed by atoms with Gasteiger partial charge in [-0.2, -0.15) is 0 Å². The fourth-order valence-corrected chi connectivity index (χ4v) is 4.58. The van der Waals surface area contributed by atoms with Gasteiger partial charge in [-0.25, -0.2) is 0 Å². The van der Waals surface area contributed by atoms with Crippen LogP contribution < -0.4 is 0 Å². The second-order valence-electron chi connectivity index (χ2n) is 9.26. The van der Waals surface area contributed by atoms with Gasteiger partial charge in [0, 0.05) is 27.7 Å². The quantitative estimate of drug-likeness (QED) is 0.170. The van der Waals surface area contributed by atoms with Crippen LogP contribution in [0, 0.1) is 0 Å². The van der Waals surface area contributed by atoms with E-state index >= 15 is 0 Å². The van der Waals surface area contributed by atoms with Crippen LogP contribution in [0.25, 0.3) is 0 Å². The molecule has 0 heterocycles. The zero-order chi connectivity index (χ0) is 29.8. The van der Waals surface area contributed by atoms with E-state index in [1.54, 1.807) is 0 Å². The molecule has 0 radical (unpaired) electrons. The van der Waals surface area contributed by atoms with Gasteiger partial charge in [0.1, 0.15) is 12.2 Å². The Bertz CT molecular complexity index is 1200. The van der Waals surface area contributed by atoms with Crippen molar-refractivity contribution in [2.45, 2.75) is 51.6 Å². The molecule has 41 heavy (non-hydrogen) atoms. The molecule has 0 fully saturated rings. The molecule has 0 aliphatic carbocycles. The molecule has 0 spiro atoms. The van der Waals surface area contributed by atoms with Gasteiger partial charge >= 0.3 is 23.9 Å². The Labute approximate surface area is 239 Å². The second kappa shape index (κ2) is 14.8. The standard InChI is InChI=1S/C32H34O9/c1-22(33)37-20-29(39-23(2)34)31(41-25(4)36)30(40-24(3)35)21-38-32(26-14-8-5-9-15-26,27-16-10-6-11-17-27)28-18-12-7-13-19-28/h5-19,29-31H,20-21H2,1-4H3/t29-,30-,31+/m0/s1. The number of ether oxygens (including phenoxy) is 5. The molecule has 0 saturated heterocycles. The SMILES string of the molecule is CC(=O)OC[C@H](OC(C)=O)[C@@H](OC(C)=O)[C@H](COC(c1ccccc1)(c1ccccc1)c1ccccc1)OC(C)=O. The predicted octanol–water partition coefficient (Wildman–Crippen LogP) is 4.35. The number of benzene rings is 3. The average Bonchev–Trinajstić information content (AvgIpc) is 2.95. The highest BCUT2D eigenvalue weighted by atomic mass is 16.6. The lowest BCUT2D eigenvalue weighted by Crippen LogP contribution is -2.50. The number of carbonyl (C=O) groups is 4. The fourth-order valence-electron chi connectivity index (χ4n) is 4.58. The molecular weight excluding hydrogens is 528 g/mol. The van der Waals surface area contributed by atoms with E-state index in [9.17, 15) is 19.2 Å². The third-order valence-electron chi connectivity index (χ3n) is 6.13. The Morgan fingerprint density at radius 3 is 1.24 bits per heavy atom. The molecule has 3 rings (SSSR count). The minimum atomic E-state index is -1.36. The van der Waals surface area contributed by atoms with Gasteiger partial charge in [-0.15, -0.1) is 0 Å². The molecule has 0 unspecified atom stereocenters. The van der Waals surface area contributed by atoms with Gasteiger partial charge in [0.2, 0.25) is 0 Å². The van der Waals surface area contributed by atoms with Crippen LogP contribution in [0.1, 0.15) is 44.4 Å². The number of hydrogen-bond donors (Lipinski definition) is 0. The Morgan fingerprint density at radius 1 is 0.537 bits per heavy atom. The zero-order valence-corrected chi connectivity index (χ0v) is 23.5. The third kappa shape index (κ3) is 8.49. The van der Waals surface area contributed by atoms with Gasteiger partial charge in [-0.1, -0.05) is 91.0 Å². The van der Waals surface area contributed by atoms with Gasteiger partial charge in [0.15, 0.2) is 18.3 Å². The van der Waals surface area contributed by atoms with Gasteiger partial charge in [-0.05, 0) is 16.7 Å². The highest BCUT2D eigenvalue weighted by Crippen LogP contribution is 2.40. The molecule has 0 aliphatic heterocycles. The van der Waals surface area contributed by atoms with Gasteiger partial charge in [0.05, 0.1) is 6.61 Å². The summed E-state index contributed by atoms with van der Waals surface area (Å²) in [6, 6.07) is 28.5. The summed E-state index contributed by atoms with van der Waals surface area (Å²) in [4.78, 5) is 48.0. The van der Waals surface area contributed by atoms with Crippen LogP contribution in [-0.4, -0.2) is 55.4 Å². The maximum atomic E-state index is 12.3. The highest BCUT2D eigenvalue weighted by Gasteiger charge is 2.43. The smallest absolute Gasteiger partial charge is 0.303 e. The van der Waals surface area contributed by atoms with Crippen LogP contribution in [0.4, 0.5) is 0 Å². The van der Waals surface area contributed by atoms with Crippen molar-refractivity contribution in [1.29, 1.82) is 0 Å². The summed E-state index contributed by atoms with van der Waals surface area (Å²) in [5.41, 5.74) is 1.19. The Balaban J connectivity index is 2.14. The monoisotopic (exact) mass is 562 g/mol. The van der Waals surface area contributed by atoms with E-state index in [0.717, 1.165) is 30.5 Å². The van der Waals surface area contributed by atoms with Crippen molar-refractivity contribution in [1.82, 2.24) is 0 Å². The Hall–Kier alpha value is -4.50. The molecule has 9 nitrogen and oxygen atoms in total. The molecule has 3 aromatic rings. The number of carbonyl (C=O) groups excluding carboxylic acids is 4. The lowest BCUT2D eigenvalue weighted by molar-refractivity contribution is -0.196. The Morgan fingerprint density at radius 2 is 0.902 bits per heavy atom. The van der Waals surface area contributed by atoms with Crippen LogP contribution in [-0.2, 0) is 48.5 Å². The van der Waals surface area contributed by atoms with Crippen molar-refractivity contribution < 1.29 is 42.9 Å². The minimum absolute atomic E-state index is 0.298. The van der Waals surface area contributed by atoms with E-state index in [2.05, 4.69) is 0 Å². The number of rotatable bonds is 13. The van der Waals surface area contributed by atoms with E-state index in [4.69, 9.17) is 23.7 Å². The molecule has 0 aliphatic rings. The van der Waals surface area contributed by atoms with Crippen molar-refractivity contribution in [3.63, 3.8) is 0 Å². The first kappa shape index (κ1) is 31.0. The highest BCUT2D eigenvalue weighted by molar-refractivity contribution is 5.68. The maximum absolute atomic E-state index is 12.3. The van der Waals surface area contributed by atoms with Crippen molar-refractivity contribution in [2.75, 3.05) is 13.2 Å². The fraction of sp³-hybridized carbons (Fsp3) is 0.312. The van der Waals surface area contributed by atoms with Crippen molar-refractivity contribution in [3.05, 3.63) is 108 Å². The van der Waals surface area contributed by atoms with Crippen LogP contribution in [0.15, 0.2) is 91.0 Å². The molecule has 0 bridgehead atoms. The second-order valence-corrected chi connectivity index (χ2v) is 9.26. The van der Waals surface area contributed by atoms with Crippen LogP contribution in [0.2, 0.25) is 0 Å². The van der Waals surface area contributed by atoms with Gasteiger partial charge in [-0.3, -0.25) is 19.2 Å². The molecule has 216 valence electrons. The number of hydrogen-bond acceptors (Lipinski definition) is 9. The van der Waals surface area contributed by atoms with Gasteiger partial charge < -0.3 is 23.7 Å². The first-order chi connectivity index (χ1) is 19.6. The van der Waals surface area contributed by atoms with E-state index in [1.807, 2.05) is 91.0 Å². The largest absolute Gasteiger partial charge is 0.462 e. The molecule has 0 N–H and O–H groups in total. The molecule has 0 aromatic heterocycles. The average molecular weight is 563 g/mol. The zero-order valence-electron chi connectivity index (χ0n) is 23.5. The van der Waals surface area contributed by atoms with Crippen molar-refractivity contribution >= 4 is 23.9 Å². The van der Waals surface area contributed by atoms with E-state index in [-0.39, 0.29) is 6.61 Å². The van der Waals surface area contributed by atoms with Crippen molar-refractivity contribution in [3.8, 4) is 0 Å². The first-order valence-electron chi connectivity index (χ1n) is 13.1. The molecule has 0 amide bonds. The summed E-state index contributed by atoms with van der Waals surface area (Å²) in [5.74, 6) is -2.77. The minimum Gasteiger partial charge on any atom is -0.462 e. The molecule has 3 aromatic carbocycles. The van der Waals surface area contributed by atoms with Crippen LogP contribution in [0.5, 0.6) is 0 Å². The van der Waals surface area contributed by atoms with E-state index < -0.39 is 54.4 Å². The lowest BCUT2D eigenvalue weighted by atomic mass is 9.80. The maximum Gasteiger partial charge on any atom is 0.303 e. The van der Waals surface area contributed by atoms with Crippen molar-refractivity contribution in [2.24, 2.45) is 0 Å². The summed E-state index contributed by atoms with van der Waals surface area (Å²) < 4.78 is 28.4. The first-order valence-corrected chi connectivity index (χ1v) is 13.1. The molecular formula is C32H34O9. The third-order valence-corrected chi connectivity index (χ3v) is 6.13. The predicted molar refractivity (Wildman–Crippen MR) is 148 cm³/mol. The summed E-state index contributed by atoms with van der Waals surface area (Å²) >= 11 is 0.